The maximum Gasteiger partial charge on any atom is 0.343 e. The summed E-state index contributed by atoms with van der Waals surface area (Å²) in [6.07, 6.45) is 10.5. The fourth-order valence-corrected chi connectivity index (χ4v) is 3.54. The van der Waals surface area contributed by atoms with Crippen LogP contribution in [0.25, 0.3) is 0 Å². The number of aliphatic imine (C=N–C) groups is 1. The van der Waals surface area contributed by atoms with Gasteiger partial charge in [-0.15, -0.1) is 0 Å². The van der Waals surface area contributed by atoms with E-state index in [1.54, 1.807) is 37.6 Å². The highest BCUT2D eigenvalue weighted by molar-refractivity contribution is 5.91. The summed E-state index contributed by atoms with van der Waals surface area (Å²) in [5, 5.41) is 0. The molecule has 35 heavy (non-hydrogen) atoms. The van der Waals surface area contributed by atoms with Gasteiger partial charge >= 0.3 is 5.97 Å². The summed E-state index contributed by atoms with van der Waals surface area (Å²) in [6, 6.07) is 21.8. The number of methoxy groups -OCH3 is 1. The van der Waals surface area contributed by atoms with Crippen molar-refractivity contribution in [3.63, 3.8) is 0 Å². The van der Waals surface area contributed by atoms with Crippen molar-refractivity contribution in [2.24, 2.45) is 4.99 Å². The zero-order valence-corrected chi connectivity index (χ0v) is 20.7. The van der Waals surface area contributed by atoms with Gasteiger partial charge in [-0.05, 0) is 84.8 Å². The van der Waals surface area contributed by atoms with E-state index >= 15 is 0 Å². The van der Waals surface area contributed by atoms with Crippen molar-refractivity contribution in [1.29, 1.82) is 0 Å². The molecule has 0 N–H and O–H groups in total. The summed E-state index contributed by atoms with van der Waals surface area (Å²) in [5.74, 6) is 1.64. The van der Waals surface area contributed by atoms with E-state index in [0.717, 1.165) is 29.2 Å². The number of hydrogen-bond acceptors (Lipinski definition) is 5. The normalized spacial score (nSPS) is 10.9. The molecular weight excluding hydrogens is 438 g/mol. The SMILES string of the molecule is CCCCCCCCCOc1ccc(C(=O)Oc2ccc(N=Cc3ccc(OC)cc3)cc2)cc1. The van der Waals surface area contributed by atoms with E-state index in [9.17, 15) is 4.79 Å². The van der Waals surface area contributed by atoms with Gasteiger partial charge in [0.05, 0.1) is 25.0 Å². The van der Waals surface area contributed by atoms with E-state index < -0.39 is 5.97 Å². The van der Waals surface area contributed by atoms with Gasteiger partial charge in [-0.2, -0.15) is 0 Å². The molecule has 0 aliphatic rings. The summed E-state index contributed by atoms with van der Waals surface area (Å²) in [7, 11) is 1.64. The fourth-order valence-electron chi connectivity index (χ4n) is 3.54. The smallest absolute Gasteiger partial charge is 0.343 e. The minimum atomic E-state index is -0.405. The van der Waals surface area contributed by atoms with Crippen LogP contribution in [0.3, 0.4) is 0 Å². The molecule has 0 amide bonds. The number of ether oxygens (including phenoxy) is 3. The highest BCUT2D eigenvalue weighted by atomic mass is 16.5. The Morgan fingerprint density at radius 1 is 0.743 bits per heavy atom. The first-order valence-electron chi connectivity index (χ1n) is 12.4. The number of carbonyl (C=O) groups is 1. The first-order valence-corrected chi connectivity index (χ1v) is 12.4. The number of nitrogens with zero attached hydrogens (tertiary/aromatic N) is 1. The third-order valence-corrected chi connectivity index (χ3v) is 5.63. The molecule has 0 fully saturated rings. The van der Waals surface area contributed by atoms with E-state index in [1.165, 1.54) is 38.5 Å². The number of rotatable bonds is 14. The molecule has 0 aromatic heterocycles. The standard InChI is InChI=1S/C30H35NO4/c1-3-4-5-6-7-8-9-22-34-28-18-12-25(13-19-28)30(32)35-29-20-14-26(15-21-29)31-23-24-10-16-27(33-2)17-11-24/h10-21,23H,3-9,22H2,1-2H3. The van der Waals surface area contributed by atoms with Crippen LogP contribution in [0.2, 0.25) is 0 Å². The zero-order valence-electron chi connectivity index (χ0n) is 20.7. The molecule has 0 bridgehead atoms. The third-order valence-electron chi connectivity index (χ3n) is 5.63. The highest BCUT2D eigenvalue weighted by Gasteiger charge is 2.09. The topological polar surface area (TPSA) is 57.1 Å². The van der Waals surface area contributed by atoms with Gasteiger partial charge < -0.3 is 14.2 Å². The maximum atomic E-state index is 12.5. The molecule has 0 atom stereocenters. The van der Waals surface area contributed by atoms with Crippen molar-refractivity contribution in [2.45, 2.75) is 51.9 Å². The molecule has 0 unspecified atom stereocenters. The lowest BCUT2D eigenvalue weighted by atomic mass is 10.1. The summed E-state index contributed by atoms with van der Waals surface area (Å²) in [5.41, 5.74) is 2.22. The van der Waals surface area contributed by atoms with Crippen LogP contribution < -0.4 is 14.2 Å². The summed E-state index contributed by atoms with van der Waals surface area (Å²) >= 11 is 0. The van der Waals surface area contributed by atoms with Gasteiger partial charge in [0.25, 0.3) is 0 Å². The second-order valence-electron chi connectivity index (χ2n) is 8.41. The molecule has 0 heterocycles. The van der Waals surface area contributed by atoms with E-state index in [1.807, 2.05) is 48.5 Å². The van der Waals surface area contributed by atoms with Gasteiger partial charge in [-0.1, -0.05) is 45.4 Å². The summed E-state index contributed by atoms with van der Waals surface area (Å²) in [6.45, 7) is 2.93. The Balaban J connectivity index is 1.41. The van der Waals surface area contributed by atoms with Crippen molar-refractivity contribution in [3.05, 3.63) is 83.9 Å². The second-order valence-corrected chi connectivity index (χ2v) is 8.41. The van der Waals surface area contributed by atoms with Crippen molar-refractivity contribution in [3.8, 4) is 17.2 Å². The van der Waals surface area contributed by atoms with Crippen LogP contribution in [0.4, 0.5) is 5.69 Å². The Hall–Kier alpha value is -3.60. The minimum absolute atomic E-state index is 0.405. The molecular formula is C30H35NO4. The van der Waals surface area contributed by atoms with E-state index in [-0.39, 0.29) is 0 Å². The number of unbranched alkanes of at least 4 members (excludes halogenated alkanes) is 6. The van der Waals surface area contributed by atoms with Crippen LogP contribution in [0, 0.1) is 0 Å². The molecule has 0 spiro atoms. The van der Waals surface area contributed by atoms with Crippen LogP contribution >= 0.6 is 0 Å². The molecule has 0 saturated heterocycles. The zero-order chi connectivity index (χ0) is 24.7. The number of hydrogen-bond donors (Lipinski definition) is 0. The van der Waals surface area contributed by atoms with Crippen LogP contribution in [0.5, 0.6) is 17.2 Å². The van der Waals surface area contributed by atoms with Crippen molar-refractivity contribution in [1.82, 2.24) is 0 Å². The molecule has 3 rings (SSSR count). The van der Waals surface area contributed by atoms with Crippen LogP contribution in [-0.2, 0) is 0 Å². The molecule has 3 aromatic carbocycles. The van der Waals surface area contributed by atoms with Crippen LogP contribution in [-0.4, -0.2) is 25.9 Å². The molecule has 0 aliphatic heterocycles. The van der Waals surface area contributed by atoms with Gasteiger partial charge in [-0.25, -0.2) is 4.79 Å². The van der Waals surface area contributed by atoms with Gasteiger partial charge in [0.2, 0.25) is 0 Å². The van der Waals surface area contributed by atoms with Gasteiger partial charge in [0.1, 0.15) is 17.2 Å². The predicted octanol–water partition coefficient (Wildman–Crippen LogP) is 7.79. The summed E-state index contributed by atoms with van der Waals surface area (Å²) in [4.78, 5) is 16.9. The lowest BCUT2D eigenvalue weighted by Crippen LogP contribution is -2.08. The van der Waals surface area contributed by atoms with Crippen molar-refractivity contribution >= 4 is 17.9 Å². The average Bonchev–Trinajstić information content (AvgIpc) is 2.90. The lowest BCUT2D eigenvalue weighted by molar-refractivity contribution is 0.0734. The fraction of sp³-hybridized carbons (Fsp3) is 0.333. The Morgan fingerprint density at radius 3 is 2.00 bits per heavy atom. The molecule has 0 aliphatic carbocycles. The largest absolute Gasteiger partial charge is 0.497 e. The second kappa shape index (κ2) is 14.6. The minimum Gasteiger partial charge on any atom is -0.497 e. The highest BCUT2D eigenvalue weighted by Crippen LogP contribution is 2.21. The first kappa shape index (κ1) is 26.0. The molecule has 0 radical (unpaired) electrons. The van der Waals surface area contributed by atoms with E-state index in [4.69, 9.17) is 14.2 Å². The monoisotopic (exact) mass is 473 g/mol. The maximum absolute atomic E-state index is 12.5. The summed E-state index contributed by atoms with van der Waals surface area (Å²) < 4.78 is 16.4. The van der Waals surface area contributed by atoms with Crippen LogP contribution in [0.1, 0.15) is 67.8 Å². The average molecular weight is 474 g/mol. The van der Waals surface area contributed by atoms with Crippen LogP contribution in [0.15, 0.2) is 77.8 Å². The Morgan fingerprint density at radius 2 is 1.34 bits per heavy atom. The van der Waals surface area contributed by atoms with E-state index in [0.29, 0.717) is 17.9 Å². The molecule has 3 aromatic rings. The first-order chi connectivity index (χ1) is 17.2. The molecule has 0 saturated carbocycles. The number of benzene rings is 3. The Kier molecular flexibility index (Phi) is 10.9. The molecule has 5 heteroatoms. The lowest BCUT2D eigenvalue weighted by Gasteiger charge is -2.08. The van der Waals surface area contributed by atoms with Gasteiger partial charge in [-0.3, -0.25) is 4.99 Å². The number of carbonyl (C=O) groups excluding carboxylic acids is 1. The Labute approximate surface area is 208 Å². The molecule has 184 valence electrons. The van der Waals surface area contributed by atoms with Gasteiger partial charge in [0, 0.05) is 6.21 Å². The van der Waals surface area contributed by atoms with Crippen molar-refractivity contribution in [2.75, 3.05) is 13.7 Å². The number of esters is 1. The third kappa shape index (κ3) is 9.28. The quantitative estimate of drug-likeness (QED) is 0.104. The van der Waals surface area contributed by atoms with E-state index in [2.05, 4.69) is 11.9 Å². The molecule has 5 nitrogen and oxygen atoms in total. The van der Waals surface area contributed by atoms with Gasteiger partial charge in [0.15, 0.2) is 0 Å². The Bertz CT molecular complexity index is 1040. The van der Waals surface area contributed by atoms with Crippen molar-refractivity contribution < 1.29 is 19.0 Å². The predicted molar refractivity (Wildman–Crippen MR) is 142 cm³/mol.